The Bertz CT molecular complexity index is 674. The Labute approximate surface area is 153 Å². The lowest BCUT2D eigenvalue weighted by Gasteiger charge is -2.47. The van der Waals surface area contributed by atoms with Crippen molar-refractivity contribution in [2.24, 2.45) is 5.92 Å². The van der Waals surface area contributed by atoms with Crippen LogP contribution < -0.4 is 0 Å². The Hall–Kier alpha value is -2.21. The molecule has 2 fully saturated rings. The molecule has 2 saturated heterocycles. The predicted octanol–water partition coefficient (Wildman–Crippen LogP) is 2.32. The van der Waals surface area contributed by atoms with E-state index in [1.54, 1.807) is 24.3 Å². The first kappa shape index (κ1) is 18.6. The summed E-state index contributed by atoms with van der Waals surface area (Å²) in [6, 6.07) is 6.25. The van der Waals surface area contributed by atoms with Crippen molar-refractivity contribution in [2.45, 2.75) is 25.3 Å². The summed E-state index contributed by atoms with van der Waals surface area (Å²) in [7, 11) is 1.53. The minimum atomic E-state index is -0.290. The highest BCUT2D eigenvalue weighted by atomic mass is 19.1. The highest BCUT2D eigenvalue weighted by Gasteiger charge is 2.38. The molecule has 0 radical (unpaired) electrons. The van der Waals surface area contributed by atoms with Crippen LogP contribution in [0.2, 0.25) is 0 Å². The number of halogens is 1. The summed E-state index contributed by atoms with van der Waals surface area (Å²) < 4.78 is 17.9. The Morgan fingerprint density at radius 3 is 2.73 bits per heavy atom. The van der Waals surface area contributed by atoms with Gasteiger partial charge in [0, 0.05) is 38.9 Å². The molecule has 0 N–H and O–H groups in total. The molecule has 2 atom stereocenters. The van der Waals surface area contributed by atoms with Crippen molar-refractivity contribution in [3.63, 3.8) is 0 Å². The Morgan fingerprint density at radius 2 is 2.00 bits per heavy atom. The predicted molar refractivity (Wildman–Crippen MR) is 96.7 cm³/mol. The molecule has 2 aliphatic heterocycles. The van der Waals surface area contributed by atoms with Gasteiger partial charge in [-0.05, 0) is 49.0 Å². The molecule has 6 heteroatoms. The number of fused-ring (bicyclic) bond motifs is 1. The number of likely N-dealkylation sites (tertiary alicyclic amines) is 2. The van der Waals surface area contributed by atoms with E-state index in [0.717, 1.165) is 31.4 Å². The van der Waals surface area contributed by atoms with Crippen LogP contribution in [0.1, 0.15) is 24.8 Å². The Morgan fingerprint density at radius 1 is 1.23 bits per heavy atom. The second-order valence-corrected chi connectivity index (χ2v) is 6.95. The van der Waals surface area contributed by atoms with Crippen LogP contribution in [0.25, 0.3) is 6.08 Å². The molecular weight excluding hydrogens is 335 g/mol. The van der Waals surface area contributed by atoms with Crippen molar-refractivity contribution in [3.8, 4) is 0 Å². The normalized spacial score (nSPS) is 23.2. The molecule has 2 aliphatic rings. The lowest BCUT2D eigenvalue weighted by atomic mass is 9.83. The van der Waals surface area contributed by atoms with Gasteiger partial charge >= 0.3 is 0 Å². The van der Waals surface area contributed by atoms with Crippen LogP contribution >= 0.6 is 0 Å². The molecule has 1 aromatic rings. The number of methoxy groups -OCH3 is 1. The average molecular weight is 360 g/mol. The van der Waals surface area contributed by atoms with Gasteiger partial charge in [0.1, 0.15) is 12.4 Å². The molecule has 0 bridgehead atoms. The van der Waals surface area contributed by atoms with Crippen molar-refractivity contribution >= 4 is 17.9 Å². The van der Waals surface area contributed by atoms with Gasteiger partial charge in [-0.3, -0.25) is 9.59 Å². The highest BCUT2D eigenvalue weighted by Crippen LogP contribution is 2.31. The fraction of sp³-hybridized carbons (Fsp3) is 0.500. The van der Waals surface area contributed by atoms with E-state index < -0.39 is 0 Å². The topological polar surface area (TPSA) is 49.9 Å². The molecule has 2 amide bonds. The number of carbonyl (C=O) groups excluding carboxylic acids is 2. The van der Waals surface area contributed by atoms with Crippen LogP contribution in [0.3, 0.4) is 0 Å². The van der Waals surface area contributed by atoms with Gasteiger partial charge in [0.25, 0.3) is 0 Å². The molecule has 2 heterocycles. The molecule has 0 aliphatic carbocycles. The number of rotatable bonds is 4. The van der Waals surface area contributed by atoms with Crippen molar-refractivity contribution < 1.29 is 18.7 Å². The summed E-state index contributed by atoms with van der Waals surface area (Å²) in [5.41, 5.74) is 0.799. The SMILES string of the molecule is COCC(=O)N1CC[C@@H]2[C@@H](CCCN2C(=O)/C=C/c2ccc(F)cc2)C1. The van der Waals surface area contributed by atoms with E-state index in [-0.39, 0.29) is 30.3 Å². The average Bonchev–Trinajstić information content (AvgIpc) is 2.66. The number of carbonyl (C=O) groups is 2. The van der Waals surface area contributed by atoms with Gasteiger partial charge in [-0.2, -0.15) is 0 Å². The fourth-order valence-corrected chi connectivity index (χ4v) is 3.96. The lowest BCUT2D eigenvalue weighted by Crippen LogP contribution is -2.56. The first-order chi connectivity index (χ1) is 12.6. The van der Waals surface area contributed by atoms with Crippen molar-refractivity contribution in [1.29, 1.82) is 0 Å². The summed E-state index contributed by atoms with van der Waals surface area (Å²) in [5, 5.41) is 0. The van der Waals surface area contributed by atoms with E-state index in [2.05, 4.69) is 0 Å². The van der Waals surface area contributed by atoms with E-state index in [0.29, 0.717) is 19.0 Å². The molecule has 0 saturated carbocycles. The minimum absolute atomic E-state index is 0.0132. The van der Waals surface area contributed by atoms with Gasteiger partial charge in [0.15, 0.2) is 0 Å². The van der Waals surface area contributed by atoms with Crippen LogP contribution in [0, 0.1) is 11.7 Å². The first-order valence-corrected chi connectivity index (χ1v) is 9.09. The molecule has 3 rings (SSSR count). The number of nitrogens with zero attached hydrogens (tertiary/aromatic N) is 2. The number of piperidine rings is 2. The van der Waals surface area contributed by atoms with E-state index >= 15 is 0 Å². The lowest BCUT2D eigenvalue weighted by molar-refractivity contribution is -0.141. The summed E-state index contributed by atoms with van der Waals surface area (Å²) in [4.78, 5) is 28.5. The maximum Gasteiger partial charge on any atom is 0.248 e. The smallest absolute Gasteiger partial charge is 0.248 e. The molecule has 140 valence electrons. The second kappa shape index (κ2) is 8.45. The summed E-state index contributed by atoms with van der Waals surface area (Å²) in [6.45, 7) is 2.22. The van der Waals surface area contributed by atoms with Gasteiger partial charge < -0.3 is 14.5 Å². The van der Waals surface area contributed by atoms with Crippen molar-refractivity contribution in [3.05, 3.63) is 41.7 Å². The molecular formula is C20H25FN2O3. The number of hydrogen-bond donors (Lipinski definition) is 0. The number of amides is 2. The summed E-state index contributed by atoms with van der Waals surface area (Å²) in [5.74, 6) is 0.0369. The van der Waals surface area contributed by atoms with Gasteiger partial charge in [-0.1, -0.05) is 12.1 Å². The minimum Gasteiger partial charge on any atom is -0.375 e. The summed E-state index contributed by atoms with van der Waals surface area (Å²) in [6.07, 6.45) is 6.08. The zero-order valence-electron chi connectivity index (χ0n) is 15.1. The van der Waals surface area contributed by atoms with Crippen molar-refractivity contribution in [2.75, 3.05) is 33.4 Å². The van der Waals surface area contributed by atoms with Crippen molar-refractivity contribution in [1.82, 2.24) is 9.80 Å². The number of hydrogen-bond acceptors (Lipinski definition) is 3. The van der Waals surface area contributed by atoms with E-state index in [4.69, 9.17) is 4.74 Å². The maximum absolute atomic E-state index is 13.0. The zero-order valence-corrected chi connectivity index (χ0v) is 15.1. The summed E-state index contributed by atoms with van der Waals surface area (Å²) >= 11 is 0. The third-order valence-corrected chi connectivity index (χ3v) is 5.26. The zero-order chi connectivity index (χ0) is 18.5. The van der Waals surface area contributed by atoms with Crippen LogP contribution in [-0.2, 0) is 14.3 Å². The van der Waals surface area contributed by atoms with Crippen LogP contribution in [-0.4, -0.2) is 61.0 Å². The fourth-order valence-electron chi connectivity index (χ4n) is 3.96. The Kier molecular flexibility index (Phi) is 6.04. The standard InChI is InChI=1S/C20H25FN2O3/c1-26-14-20(25)22-12-10-18-16(13-22)3-2-11-23(18)19(24)9-6-15-4-7-17(21)8-5-15/h4-9,16,18H,2-3,10-14H2,1H3/b9-6+/t16-,18+/m0/s1. The molecule has 26 heavy (non-hydrogen) atoms. The van der Waals surface area contributed by atoms with Crippen LogP contribution in [0.5, 0.6) is 0 Å². The monoisotopic (exact) mass is 360 g/mol. The first-order valence-electron chi connectivity index (χ1n) is 9.09. The van der Waals surface area contributed by atoms with Gasteiger partial charge in [0.05, 0.1) is 0 Å². The second-order valence-electron chi connectivity index (χ2n) is 6.95. The third-order valence-electron chi connectivity index (χ3n) is 5.26. The van der Waals surface area contributed by atoms with E-state index in [1.165, 1.54) is 19.2 Å². The van der Waals surface area contributed by atoms with Gasteiger partial charge in [-0.15, -0.1) is 0 Å². The molecule has 0 spiro atoms. The number of ether oxygens (including phenoxy) is 1. The third kappa shape index (κ3) is 4.30. The molecule has 1 aromatic carbocycles. The van der Waals surface area contributed by atoms with Gasteiger partial charge in [-0.25, -0.2) is 4.39 Å². The molecule has 0 aromatic heterocycles. The number of benzene rings is 1. The highest BCUT2D eigenvalue weighted by molar-refractivity contribution is 5.92. The molecule has 0 unspecified atom stereocenters. The van der Waals surface area contributed by atoms with Crippen LogP contribution in [0.15, 0.2) is 30.3 Å². The largest absolute Gasteiger partial charge is 0.375 e. The molecule has 5 nitrogen and oxygen atoms in total. The van der Waals surface area contributed by atoms with Gasteiger partial charge in [0.2, 0.25) is 11.8 Å². The Balaban J connectivity index is 1.63. The van der Waals surface area contributed by atoms with E-state index in [1.807, 2.05) is 9.80 Å². The maximum atomic E-state index is 13.0. The van der Waals surface area contributed by atoms with E-state index in [9.17, 15) is 14.0 Å². The van der Waals surface area contributed by atoms with Crippen LogP contribution in [0.4, 0.5) is 4.39 Å². The quantitative estimate of drug-likeness (QED) is 0.775.